The smallest absolute Gasteiger partial charge is 0.408 e. The average Bonchev–Trinajstić information content (AvgIpc) is 3.19. The summed E-state index contributed by atoms with van der Waals surface area (Å²) in [5, 5.41) is 10.2. The minimum atomic E-state index is -2.07. The lowest BCUT2D eigenvalue weighted by molar-refractivity contribution is -0.150. The summed E-state index contributed by atoms with van der Waals surface area (Å²) in [6, 6.07) is 25.6. The highest BCUT2D eigenvalue weighted by Crippen LogP contribution is 2.37. The summed E-state index contributed by atoms with van der Waals surface area (Å²) in [4.78, 5) is 61.4. The highest BCUT2D eigenvalue weighted by molar-refractivity contribution is 6.74. The molecule has 2 N–H and O–H groups in total. The van der Waals surface area contributed by atoms with Gasteiger partial charge in [0.25, 0.3) is 0 Å². The number of nitrogens with zero attached hydrogens (tertiary/aromatic N) is 2. The zero-order valence-electron chi connectivity index (χ0n) is 41.4. The average molecular weight is 909 g/mol. The summed E-state index contributed by atoms with van der Waals surface area (Å²) >= 11 is 0. The van der Waals surface area contributed by atoms with Gasteiger partial charge in [0.2, 0.25) is 11.8 Å². The molecule has 11 nitrogen and oxygen atoms in total. The van der Waals surface area contributed by atoms with Crippen molar-refractivity contribution in [3.05, 3.63) is 96.1 Å². The van der Waals surface area contributed by atoms with E-state index in [0.717, 1.165) is 32.7 Å². The number of nitrogens with one attached hydrogen (secondary N) is 2. The highest BCUT2D eigenvalue weighted by Gasteiger charge is 2.43. The number of amides is 4. The Hall–Kier alpha value is -4.94. The molecule has 1 saturated heterocycles. The fourth-order valence-corrected chi connectivity index (χ4v) is 9.34. The molecule has 4 aromatic rings. The van der Waals surface area contributed by atoms with E-state index < -0.39 is 49.8 Å². The maximum absolute atomic E-state index is 15.3. The van der Waals surface area contributed by atoms with Gasteiger partial charge in [0, 0.05) is 44.6 Å². The molecule has 0 aromatic heterocycles. The molecule has 4 aromatic carbocycles. The first-order valence-corrected chi connectivity index (χ1v) is 26.4. The quantitative estimate of drug-likeness (QED) is 0.0898. The van der Waals surface area contributed by atoms with Gasteiger partial charge in [0.05, 0.1) is 0 Å². The van der Waals surface area contributed by atoms with E-state index in [1.807, 2.05) is 82.6 Å². The van der Waals surface area contributed by atoms with Crippen molar-refractivity contribution in [2.75, 3.05) is 19.7 Å². The molecule has 0 bridgehead atoms. The SMILES string of the molecule is CC(C)C[C@@H]1CN(C(=O)[C@H](Cc2ccc3ccccc3c2)NC(=O)OC(C)(C)C)[C@@H](CCCO[Si](C)(C)C(C)(C)C)CN1C(=O)[C@@H](Cc1ccc2ccccc2c1)NC(=O)OC(C)(C)C. The van der Waals surface area contributed by atoms with Gasteiger partial charge in [-0.25, -0.2) is 9.59 Å². The molecule has 1 heterocycles. The molecular formula is C53H76N4O7Si. The summed E-state index contributed by atoms with van der Waals surface area (Å²) in [6.45, 7) is 27.1. The van der Waals surface area contributed by atoms with E-state index in [2.05, 4.69) is 70.5 Å². The van der Waals surface area contributed by atoms with Crippen molar-refractivity contribution in [2.45, 2.75) is 162 Å². The van der Waals surface area contributed by atoms with Gasteiger partial charge < -0.3 is 34.3 Å². The van der Waals surface area contributed by atoms with Crippen LogP contribution in [0.2, 0.25) is 18.1 Å². The summed E-state index contributed by atoms with van der Waals surface area (Å²) in [5.74, 6) is -0.295. The van der Waals surface area contributed by atoms with Crippen molar-refractivity contribution in [3.63, 3.8) is 0 Å². The van der Waals surface area contributed by atoms with Gasteiger partial charge in [0.1, 0.15) is 23.3 Å². The summed E-state index contributed by atoms with van der Waals surface area (Å²) < 4.78 is 18.1. The Labute approximate surface area is 389 Å². The first-order valence-electron chi connectivity index (χ1n) is 23.5. The summed E-state index contributed by atoms with van der Waals surface area (Å²) in [7, 11) is -2.07. The van der Waals surface area contributed by atoms with Crippen LogP contribution in [-0.4, -0.2) is 97.2 Å². The predicted octanol–water partition coefficient (Wildman–Crippen LogP) is 10.8. The van der Waals surface area contributed by atoms with E-state index >= 15 is 9.59 Å². The fraction of sp³-hybridized carbons (Fsp3) is 0.547. The normalized spacial score (nSPS) is 17.2. The first kappa shape index (κ1) is 51.0. The van der Waals surface area contributed by atoms with Gasteiger partial charge >= 0.3 is 12.2 Å². The third-order valence-corrected chi connectivity index (χ3v) is 17.0. The number of piperazine rings is 1. The van der Waals surface area contributed by atoms with Crippen LogP contribution in [0.3, 0.4) is 0 Å². The van der Waals surface area contributed by atoms with Crippen LogP contribution in [0.15, 0.2) is 84.9 Å². The van der Waals surface area contributed by atoms with E-state index in [0.29, 0.717) is 25.9 Å². The minimum absolute atomic E-state index is 0.0254. The standard InChI is InChI=1S/C53H76N4O7Si/c1-36(2)29-44-35-56(47(58)45(54-49(60)63-51(3,4)5)32-37-24-26-39-19-14-16-21-41(39)30-37)43(23-18-28-62-65(12,13)53(9,10)11)34-57(44)48(59)46(55-50(61)64-52(6,7)8)33-38-25-27-40-20-15-17-22-42(40)31-38/h14-17,19-22,24-27,30-31,36,43-46H,18,23,28-29,32-35H2,1-13H3,(H,54,60)(H,55,61)/t43-,44+,45-,46+/m0/s1. The lowest BCUT2D eigenvalue weighted by Crippen LogP contribution is -2.66. The van der Waals surface area contributed by atoms with Crippen LogP contribution < -0.4 is 10.6 Å². The molecule has 1 aliphatic heterocycles. The number of carbonyl (C=O) groups excluding carboxylic acids is 4. The number of carbonyl (C=O) groups is 4. The van der Waals surface area contributed by atoms with Crippen LogP contribution >= 0.6 is 0 Å². The Morgan fingerprint density at radius 1 is 0.631 bits per heavy atom. The van der Waals surface area contributed by atoms with Crippen LogP contribution in [0.25, 0.3) is 21.5 Å². The van der Waals surface area contributed by atoms with E-state index in [1.54, 1.807) is 41.5 Å². The number of hydrogen-bond acceptors (Lipinski definition) is 7. The minimum Gasteiger partial charge on any atom is -0.444 e. The largest absolute Gasteiger partial charge is 0.444 e. The van der Waals surface area contributed by atoms with Crippen molar-refractivity contribution in [3.8, 4) is 0 Å². The third-order valence-electron chi connectivity index (χ3n) is 12.4. The molecular weight excluding hydrogens is 833 g/mol. The maximum atomic E-state index is 15.3. The second kappa shape index (κ2) is 21.1. The lowest BCUT2D eigenvalue weighted by atomic mass is 9.92. The Morgan fingerprint density at radius 3 is 1.46 bits per heavy atom. The van der Waals surface area contributed by atoms with Crippen molar-refractivity contribution >= 4 is 53.9 Å². The Morgan fingerprint density at radius 2 is 1.05 bits per heavy atom. The van der Waals surface area contributed by atoms with E-state index in [4.69, 9.17) is 13.9 Å². The van der Waals surface area contributed by atoms with Crippen molar-refractivity contribution in [2.24, 2.45) is 5.92 Å². The van der Waals surface area contributed by atoms with Gasteiger partial charge in [-0.05, 0) is 118 Å². The number of fused-ring (bicyclic) bond motifs is 2. The molecule has 4 atom stereocenters. The van der Waals surface area contributed by atoms with Crippen LogP contribution in [-0.2, 0) is 36.3 Å². The van der Waals surface area contributed by atoms with Gasteiger partial charge in [-0.2, -0.15) is 0 Å². The van der Waals surface area contributed by atoms with E-state index in [-0.39, 0.29) is 54.7 Å². The Kier molecular flexibility index (Phi) is 16.6. The third kappa shape index (κ3) is 14.8. The predicted molar refractivity (Wildman–Crippen MR) is 264 cm³/mol. The van der Waals surface area contributed by atoms with Crippen molar-refractivity contribution < 1.29 is 33.1 Å². The first-order chi connectivity index (χ1) is 30.3. The van der Waals surface area contributed by atoms with Crippen molar-refractivity contribution in [1.29, 1.82) is 0 Å². The van der Waals surface area contributed by atoms with Crippen LogP contribution in [0.5, 0.6) is 0 Å². The molecule has 0 radical (unpaired) electrons. The molecule has 354 valence electrons. The summed E-state index contributed by atoms with van der Waals surface area (Å²) in [5.41, 5.74) is 0.241. The molecule has 0 saturated carbocycles. The van der Waals surface area contributed by atoms with Gasteiger partial charge in [-0.15, -0.1) is 0 Å². The fourth-order valence-electron chi connectivity index (χ4n) is 8.25. The zero-order chi connectivity index (χ0) is 47.9. The lowest BCUT2D eigenvalue weighted by Gasteiger charge is -2.49. The van der Waals surface area contributed by atoms with Crippen molar-refractivity contribution in [1.82, 2.24) is 20.4 Å². The molecule has 0 unspecified atom stereocenters. The zero-order valence-corrected chi connectivity index (χ0v) is 42.4. The van der Waals surface area contributed by atoms with Crippen LogP contribution in [0.4, 0.5) is 9.59 Å². The molecule has 0 spiro atoms. The van der Waals surface area contributed by atoms with E-state index in [9.17, 15) is 9.59 Å². The van der Waals surface area contributed by atoms with Gasteiger partial charge in [-0.1, -0.05) is 120 Å². The Bertz CT molecular complexity index is 2270. The molecule has 1 fully saturated rings. The van der Waals surface area contributed by atoms with Gasteiger partial charge in [-0.3, -0.25) is 9.59 Å². The molecule has 5 rings (SSSR count). The Balaban J connectivity index is 1.53. The highest BCUT2D eigenvalue weighted by atomic mass is 28.4. The molecule has 4 amide bonds. The number of alkyl carbamates (subject to hydrolysis) is 2. The van der Waals surface area contributed by atoms with Crippen LogP contribution in [0, 0.1) is 5.92 Å². The number of rotatable bonds is 15. The maximum Gasteiger partial charge on any atom is 0.408 e. The van der Waals surface area contributed by atoms with Crippen LogP contribution in [0.1, 0.15) is 107 Å². The summed E-state index contributed by atoms with van der Waals surface area (Å²) in [6.07, 6.45) is 0.969. The monoisotopic (exact) mass is 909 g/mol. The van der Waals surface area contributed by atoms with E-state index in [1.165, 1.54) is 0 Å². The number of ether oxygens (including phenoxy) is 2. The molecule has 65 heavy (non-hydrogen) atoms. The van der Waals surface area contributed by atoms with Gasteiger partial charge in [0.15, 0.2) is 8.32 Å². The topological polar surface area (TPSA) is 127 Å². The molecule has 12 heteroatoms. The number of benzene rings is 4. The molecule has 0 aliphatic carbocycles. The second-order valence-electron chi connectivity index (χ2n) is 21.8. The number of hydrogen-bond donors (Lipinski definition) is 2. The molecule has 1 aliphatic rings. The second-order valence-corrected chi connectivity index (χ2v) is 26.6.